The van der Waals surface area contributed by atoms with E-state index in [1.54, 1.807) is 36.9 Å². The number of thiophene rings is 1. The Balaban J connectivity index is 1.29. The van der Waals surface area contributed by atoms with Crippen molar-refractivity contribution in [1.82, 2.24) is 24.8 Å². The molecule has 1 atom stereocenters. The molecular formula is C35H38FN7O3S. The summed E-state index contributed by atoms with van der Waals surface area (Å²) in [6.45, 7) is 7.42. The van der Waals surface area contributed by atoms with Crippen LogP contribution in [0.4, 0.5) is 10.3 Å². The van der Waals surface area contributed by atoms with Crippen molar-refractivity contribution in [2.75, 3.05) is 18.4 Å². The molecule has 0 bridgehead atoms. The van der Waals surface area contributed by atoms with Gasteiger partial charge in [0.2, 0.25) is 11.9 Å². The highest BCUT2D eigenvalue weighted by Gasteiger charge is 2.38. The molecule has 1 aromatic carbocycles. The quantitative estimate of drug-likeness (QED) is 0.108. The number of carbonyl (C=O) groups excluding carboxylic acids is 2. The normalized spacial score (nSPS) is 17.6. The molecule has 2 aliphatic rings. The molecule has 244 valence electrons. The second-order valence-electron chi connectivity index (χ2n) is 13.4. The summed E-state index contributed by atoms with van der Waals surface area (Å²) < 4.78 is 15.7. The molecule has 1 saturated carbocycles. The zero-order valence-electron chi connectivity index (χ0n) is 26.7. The van der Waals surface area contributed by atoms with Crippen LogP contribution >= 0.6 is 11.3 Å². The molecule has 2 amide bonds. The lowest BCUT2D eigenvalue weighted by molar-refractivity contribution is -0.127. The van der Waals surface area contributed by atoms with Gasteiger partial charge in [-0.1, -0.05) is 19.1 Å². The fraction of sp³-hybridized carbons (Fsp3) is 0.400. The van der Waals surface area contributed by atoms with E-state index in [2.05, 4.69) is 28.6 Å². The Morgan fingerprint density at radius 3 is 2.77 bits per heavy atom. The molecule has 1 aliphatic heterocycles. The van der Waals surface area contributed by atoms with Crippen LogP contribution in [-0.2, 0) is 17.9 Å². The van der Waals surface area contributed by atoms with Gasteiger partial charge < -0.3 is 19.9 Å². The van der Waals surface area contributed by atoms with Crippen molar-refractivity contribution in [3.8, 4) is 16.5 Å². The second-order valence-corrected chi connectivity index (χ2v) is 14.5. The van der Waals surface area contributed by atoms with Crippen LogP contribution in [0.15, 0.2) is 60.3 Å². The van der Waals surface area contributed by atoms with Gasteiger partial charge >= 0.3 is 0 Å². The van der Waals surface area contributed by atoms with Gasteiger partial charge in [-0.2, -0.15) is 9.65 Å². The van der Waals surface area contributed by atoms with Crippen molar-refractivity contribution >= 4 is 40.1 Å². The van der Waals surface area contributed by atoms with Gasteiger partial charge in [0, 0.05) is 43.3 Å². The highest BCUT2D eigenvalue weighted by atomic mass is 32.1. The minimum Gasteiger partial charge on any atom is -0.389 e. The van der Waals surface area contributed by atoms with Gasteiger partial charge in [0.25, 0.3) is 11.8 Å². The Hall–Kier alpha value is -4.44. The Morgan fingerprint density at radius 2 is 2.04 bits per heavy atom. The van der Waals surface area contributed by atoms with E-state index in [1.807, 2.05) is 28.8 Å². The summed E-state index contributed by atoms with van der Waals surface area (Å²) >= 11 is 1.24. The average Bonchev–Trinajstić information content (AvgIpc) is 3.40. The Labute approximate surface area is 276 Å². The first-order chi connectivity index (χ1) is 22.4. The molecule has 4 heterocycles. The molecule has 4 aromatic rings. The van der Waals surface area contributed by atoms with E-state index in [-0.39, 0.29) is 28.8 Å². The summed E-state index contributed by atoms with van der Waals surface area (Å²) in [5.41, 5.74) is 2.33. The van der Waals surface area contributed by atoms with Crippen molar-refractivity contribution in [3.63, 3.8) is 0 Å². The predicted molar refractivity (Wildman–Crippen MR) is 179 cm³/mol. The summed E-state index contributed by atoms with van der Waals surface area (Å²) in [7, 11) is 0. The minimum atomic E-state index is -0.849. The fourth-order valence-corrected chi connectivity index (χ4v) is 6.80. The lowest BCUT2D eigenvalue weighted by Gasteiger charge is -2.26. The second kappa shape index (κ2) is 13.0. The van der Waals surface area contributed by atoms with E-state index in [0.29, 0.717) is 48.1 Å². The summed E-state index contributed by atoms with van der Waals surface area (Å²) in [6.07, 6.45) is 6.72. The summed E-state index contributed by atoms with van der Waals surface area (Å²) in [4.78, 5) is 38.5. The van der Waals surface area contributed by atoms with E-state index in [1.165, 1.54) is 23.6 Å². The SMILES string of the molecule is CC(C)(O)CNCc1ccc2c(c1)nc(NC(=O)c1ccc(-c3ccnc(F)c3)s1)n2CC1CCCN1C(=O)C(C#N)=CC1(C)CC1. The maximum atomic E-state index is 13.7. The van der Waals surface area contributed by atoms with Gasteiger partial charge in [-0.3, -0.25) is 14.9 Å². The summed E-state index contributed by atoms with van der Waals surface area (Å²) in [6, 6.07) is 14.3. The van der Waals surface area contributed by atoms with E-state index in [0.717, 1.165) is 41.6 Å². The number of amides is 2. The fourth-order valence-electron chi connectivity index (χ4n) is 5.90. The Morgan fingerprint density at radius 1 is 1.23 bits per heavy atom. The van der Waals surface area contributed by atoms with Crippen LogP contribution in [0, 0.1) is 22.7 Å². The number of anilines is 1. The number of allylic oxidation sites excluding steroid dienone is 1. The number of carbonyl (C=O) groups is 2. The zero-order chi connectivity index (χ0) is 33.3. The molecule has 1 saturated heterocycles. The number of imidazole rings is 1. The zero-order valence-corrected chi connectivity index (χ0v) is 27.5. The van der Waals surface area contributed by atoms with Crippen LogP contribution in [0.25, 0.3) is 21.5 Å². The molecule has 0 radical (unpaired) electrons. The topological polar surface area (TPSA) is 136 Å². The monoisotopic (exact) mass is 655 g/mol. The molecule has 1 aliphatic carbocycles. The molecule has 2 fully saturated rings. The number of pyridine rings is 1. The number of rotatable bonds is 11. The van der Waals surface area contributed by atoms with Crippen LogP contribution in [0.1, 0.15) is 61.7 Å². The predicted octanol–water partition coefficient (Wildman–Crippen LogP) is 5.65. The van der Waals surface area contributed by atoms with Gasteiger partial charge in [-0.05, 0) is 86.4 Å². The number of aromatic nitrogens is 3. The summed E-state index contributed by atoms with van der Waals surface area (Å²) in [5, 5.41) is 26.2. The smallest absolute Gasteiger partial charge is 0.268 e. The van der Waals surface area contributed by atoms with Crippen molar-refractivity contribution in [2.24, 2.45) is 5.41 Å². The molecular weight excluding hydrogens is 617 g/mol. The first kappa shape index (κ1) is 32.5. The van der Waals surface area contributed by atoms with Crippen molar-refractivity contribution in [3.05, 3.63) is 76.7 Å². The average molecular weight is 656 g/mol. The number of aliphatic hydroxyl groups is 1. The molecule has 3 N–H and O–H groups in total. The van der Waals surface area contributed by atoms with Gasteiger partial charge in [0.15, 0.2) is 0 Å². The first-order valence-electron chi connectivity index (χ1n) is 15.8. The third kappa shape index (κ3) is 7.59. The highest BCUT2D eigenvalue weighted by Crippen LogP contribution is 2.47. The number of fused-ring (bicyclic) bond motifs is 1. The first-order valence-corrected chi connectivity index (χ1v) is 16.6. The largest absolute Gasteiger partial charge is 0.389 e. The number of hydrogen-bond acceptors (Lipinski definition) is 8. The van der Waals surface area contributed by atoms with Gasteiger partial charge in [0.05, 0.1) is 27.6 Å². The van der Waals surface area contributed by atoms with Crippen LogP contribution < -0.4 is 10.6 Å². The van der Waals surface area contributed by atoms with E-state index in [4.69, 9.17) is 4.98 Å². The van der Waals surface area contributed by atoms with Crippen molar-refractivity contribution in [1.29, 1.82) is 5.26 Å². The molecule has 1 unspecified atom stereocenters. The molecule has 12 heteroatoms. The molecule has 3 aromatic heterocycles. The number of nitrogens with zero attached hydrogens (tertiary/aromatic N) is 5. The number of benzene rings is 1. The van der Waals surface area contributed by atoms with Crippen LogP contribution in [0.2, 0.25) is 0 Å². The van der Waals surface area contributed by atoms with Gasteiger partial charge in [0.1, 0.15) is 11.6 Å². The number of likely N-dealkylation sites (tertiary alicyclic amines) is 1. The number of hydrogen-bond donors (Lipinski definition) is 3. The number of halogens is 1. The summed E-state index contributed by atoms with van der Waals surface area (Å²) in [5.74, 6) is -0.857. The maximum absolute atomic E-state index is 13.7. The van der Waals surface area contributed by atoms with Crippen LogP contribution in [-0.4, -0.2) is 61.1 Å². The third-order valence-corrected chi connectivity index (χ3v) is 9.81. The standard InChI is InChI=1S/C35H38FN7O3S/c1-34(2,46)21-38-19-22-6-7-27-26(15-22)40-33(41-31(44)29-9-8-28(47-29)23-10-13-39-30(36)16-23)43(27)20-25-5-4-14-42(25)32(45)24(18-37)17-35(3)11-12-35/h6-10,13,15-17,25,38,46H,4-5,11-12,14,19-21H2,1-3H3,(H,40,41,44). The van der Waals surface area contributed by atoms with Gasteiger partial charge in [-0.25, -0.2) is 9.97 Å². The van der Waals surface area contributed by atoms with Crippen LogP contribution in [0.5, 0.6) is 0 Å². The Bertz CT molecular complexity index is 1900. The van der Waals surface area contributed by atoms with Crippen molar-refractivity contribution in [2.45, 2.75) is 71.2 Å². The Kier molecular flexibility index (Phi) is 8.98. The maximum Gasteiger partial charge on any atom is 0.268 e. The highest BCUT2D eigenvalue weighted by molar-refractivity contribution is 7.17. The van der Waals surface area contributed by atoms with Crippen LogP contribution in [0.3, 0.4) is 0 Å². The molecule has 10 nitrogen and oxygen atoms in total. The number of nitriles is 1. The van der Waals surface area contributed by atoms with Crippen molar-refractivity contribution < 1.29 is 19.1 Å². The third-order valence-electron chi connectivity index (χ3n) is 8.68. The van der Waals surface area contributed by atoms with Gasteiger partial charge in [-0.15, -0.1) is 11.3 Å². The molecule has 47 heavy (non-hydrogen) atoms. The molecule has 0 spiro atoms. The number of nitrogens with one attached hydrogen (secondary N) is 2. The van der Waals surface area contributed by atoms with E-state index < -0.39 is 11.5 Å². The minimum absolute atomic E-state index is 0.0827. The van der Waals surface area contributed by atoms with E-state index in [9.17, 15) is 24.3 Å². The van der Waals surface area contributed by atoms with E-state index >= 15 is 0 Å². The lowest BCUT2D eigenvalue weighted by atomic mass is 10.0. The molecule has 6 rings (SSSR count). The lowest BCUT2D eigenvalue weighted by Crippen LogP contribution is -2.39.